The van der Waals surface area contributed by atoms with Crippen molar-refractivity contribution in [3.8, 4) is 0 Å². The number of aromatic nitrogens is 2. The van der Waals surface area contributed by atoms with E-state index in [2.05, 4.69) is 18.1 Å². The molecule has 0 aromatic carbocycles. The molecule has 172 valence electrons. The van der Waals surface area contributed by atoms with Crippen molar-refractivity contribution in [2.75, 3.05) is 12.3 Å². The van der Waals surface area contributed by atoms with E-state index in [1.54, 1.807) is 0 Å². The van der Waals surface area contributed by atoms with Crippen molar-refractivity contribution in [2.45, 2.75) is 31.0 Å². The first kappa shape index (κ1) is 25.2. The maximum Gasteiger partial charge on any atom is 0.490 e. The van der Waals surface area contributed by atoms with Gasteiger partial charge in [-0.25, -0.2) is 18.5 Å². The lowest BCUT2D eigenvalue weighted by molar-refractivity contribution is -0.115. The van der Waals surface area contributed by atoms with Gasteiger partial charge in [0.2, 0.25) is 0 Å². The minimum atomic E-state index is -5.74. The first-order valence-electron chi connectivity index (χ1n) is 7.62. The van der Waals surface area contributed by atoms with Crippen LogP contribution in [-0.2, 0) is 31.6 Å². The molecule has 0 amide bonds. The van der Waals surface area contributed by atoms with Crippen LogP contribution in [0.25, 0.3) is 0 Å². The first-order valence-corrected chi connectivity index (χ1v) is 12.1. The van der Waals surface area contributed by atoms with Gasteiger partial charge in [0.25, 0.3) is 0 Å². The first-order chi connectivity index (χ1) is 13.4. The number of aliphatic hydroxyl groups excluding tert-OH is 2. The Morgan fingerprint density at radius 3 is 2.33 bits per heavy atom. The zero-order valence-corrected chi connectivity index (χ0v) is 17.5. The van der Waals surface area contributed by atoms with Crippen molar-refractivity contribution < 1.29 is 61.4 Å². The van der Waals surface area contributed by atoms with Crippen molar-refractivity contribution in [3.05, 3.63) is 22.7 Å². The lowest BCUT2D eigenvalue weighted by atomic mass is 9.99. The molecule has 1 aliphatic rings. The highest BCUT2D eigenvalue weighted by Gasteiger charge is 2.54. The van der Waals surface area contributed by atoms with Crippen molar-refractivity contribution in [2.24, 2.45) is 0 Å². The monoisotopic (exact) mass is 497 g/mol. The van der Waals surface area contributed by atoms with Crippen LogP contribution in [0.4, 0.5) is 5.82 Å². The van der Waals surface area contributed by atoms with Gasteiger partial charge < -0.3 is 40.3 Å². The summed E-state index contributed by atoms with van der Waals surface area (Å²) in [6.07, 6.45) is -3.96. The summed E-state index contributed by atoms with van der Waals surface area (Å²) < 4.78 is 51.4. The Kier molecular flexibility index (Phi) is 7.14. The number of rotatable bonds is 8. The predicted molar refractivity (Wildman–Crippen MR) is 93.3 cm³/mol. The smallest absolute Gasteiger partial charge is 0.387 e. The summed E-state index contributed by atoms with van der Waals surface area (Å²) in [5.41, 5.74) is 2.45. The van der Waals surface area contributed by atoms with Gasteiger partial charge in [-0.1, -0.05) is 0 Å². The lowest BCUT2D eigenvalue weighted by Gasteiger charge is -2.28. The molecule has 1 aromatic heterocycles. The van der Waals surface area contributed by atoms with Crippen LogP contribution >= 0.6 is 23.5 Å². The van der Waals surface area contributed by atoms with E-state index in [0.717, 1.165) is 17.7 Å². The molecule has 8 N–H and O–H groups in total. The highest BCUT2D eigenvalue weighted by Crippen LogP contribution is 2.66. The van der Waals surface area contributed by atoms with E-state index in [4.69, 9.17) is 25.2 Å². The van der Waals surface area contributed by atoms with Crippen molar-refractivity contribution in [1.82, 2.24) is 9.55 Å². The minimum absolute atomic E-state index is 0.125. The summed E-state index contributed by atoms with van der Waals surface area (Å²) >= 11 is 0. The van der Waals surface area contributed by atoms with Crippen LogP contribution in [0, 0.1) is 0 Å². The van der Waals surface area contributed by atoms with Gasteiger partial charge in [-0.2, -0.15) is 13.6 Å². The number of aliphatic hydroxyl groups is 2. The summed E-state index contributed by atoms with van der Waals surface area (Å²) in [5.74, 6) is -0.125. The number of phosphoric acid groups is 3. The molecule has 0 saturated carbocycles. The topological polar surface area (TPSA) is 270 Å². The Bertz CT molecular complexity index is 994. The molecule has 17 nitrogen and oxygen atoms in total. The maximum atomic E-state index is 11.9. The molecule has 0 bridgehead atoms. The molecular formula is C10H18N3O14P3. The van der Waals surface area contributed by atoms with E-state index in [-0.39, 0.29) is 5.82 Å². The SMILES string of the molecule is C[C@]1(COP(=O)(O)OP(=O)(O)OP(=O)(O)O)O[C@@H](n2ccc(N)nc2=O)C(O)C1O. The van der Waals surface area contributed by atoms with E-state index in [1.807, 2.05) is 0 Å². The molecular weight excluding hydrogens is 479 g/mol. The molecule has 1 aromatic rings. The summed E-state index contributed by atoms with van der Waals surface area (Å²) in [4.78, 5) is 50.9. The molecule has 30 heavy (non-hydrogen) atoms. The average Bonchev–Trinajstić information content (AvgIpc) is 2.75. The van der Waals surface area contributed by atoms with Crippen molar-refractivity contribution in [3.63, 3.8) is 0 Å². The summed E-state index contributed by atoms with van der Waals surface area (Å²) in [6.45, 7) is 0.0455. The molecule has 1 saturated heterocycles. The number of nitrogens with two attached hydrogens (primary N) is 1. The number of hydrogen-bond acceptors (Lipinski definition) is 12. The summed E-state index contributed by atoms with van der Waals surface area (Å²) in [5, 5.41) is 20.4. The Morgan fingerprint density at radius 1 is 1.20 bits per heavy atom. The highest BCUT2D eigenvalue weighted by atomic mass is 31.3. The second-order valence-electron chi connectivity index (χ2n) is 6.16. The number of nitrogens with zero attached hydrogens (tertiary/aromatic N) is 2. The second kappa shape index (κ2) is 8.48. The third-order valence-corrected chi connectivity index (χ3v) is 7.47. The number of ether oxygens (including phenoxy) is 1. The third kappa shape index (κ3) is 6.24. The van der Waals surface area contributed by atoms with E-state index < -0.39 is 59.8 Å². The molecule has 0 spiro atoms. The summed E-state index contributed by atoms with van der Waals surface area (Å²) in [7, 11) is -16.8. The highest BCUT2D eigenvalue weighted by molar-refractivity contribution is 7.66. The van der Waals surface area contributed by atoms with Gasteiger partial charge in [-0.15, -0.1) is 0 Å². The van der Waals surface area contributed by atoms with Crippen LogP contribution in [0.2, 0.25) is 0 Å². The largest absolute Gasteiger partial charge is 0.490 e. The standard InChI is InChI=1S/C10H18N3O14P3/c1-10(4-24-29(20,21)27-30(22,23)26-28(17,18)19)7(15)6(14)8(25-10)13-3-2-5(11)12-9(13)16/h2-3,6-8,14-15H,4H2,1H3,(H,20,21)(H,22,23)(H2,11,12,16)(H2,17,18,19)/t6?,7?,8-,10-/m1/s1. The Balaban J connectivity index is 2.14. The second-order valence-corrected chi connectivity index (χ2v) is 10.6. The molecule has 2 heterocycles. The van der Waals surface area contributed by atoms with Gasteiger partial charge in [0.05, 0.1) is 6.61 Å². The molecule has 0 aliphatic carbocycles. The van der Waals surface area contributed by atoms with E-state index >= 15 is 0 Å². The molecule has 4 unspecified atom stereocenters. The molecule has 20 heteroatoms. The van der Waals surface area contributed by atoms with Crippen molar-refractivity contribution >= 4 is 29.3 Å². The molecule has 1 fully saturated rings. The predicted octanol–water partition coefficient (Wildman–Crippen LogP) is -1.82. The third-order valence-electron chi connectivity index (χ3n) is 3.69. The van der Waals surface area contributed by atoms with Gasteiger partial charge in [0, 0.05) is 6.20 Å². The quantitative estimate of drug-likeness (QED) is 0.195. The van der Waals surface area contributed by atoms with Crippen LogP contribution in [-0.4, -0.2) is 63.8 Å². The van der Waals surface area contributed by atoms with Crippen LogP contribution in [0.1, 0.15) is 13.2 Å². The fraction of sp³-hybridized carbons (Fsp3) is 0.600. The zero-order chi connectivity index (χ0) is 23.1. The number of hydrogen-bond donors (Lipinski definition) is 7. The molecule has 0 radical (unpaired) electrons. The normalized spacial score (nSPS) is 31.2. The molecule has 2 rings (SSSR count). The summed E-state index contributed by atoms with van der Waals surface area (Å²) in [6, 6.07) is 1.20. The van der Waals surface area contributed by atoms with Crippen LogP contribution in [0.5, 0.6) is 0 Å². The molecule has 1 aliphatic heterocycles. The Labute approximate surface area is 167 Å². The average molecular weight is 497 g/mol. The Morgan fingerprint density at radius 2 is 1.80 bits per heavy atom. The minimum Gasteiger partial charge on any atom is -0.387 e. The van der Waals surface area contributed by atoms with Gasteiger partial charge in [0.15, 0.2) is 6.23 Å². The van der Waals surface area contributed by atoms with Crippen molar-refractivity contribution in [1.29, 1.82) is 0 Å². The Hall–Kier alpha value is -1.03. The molecule has 6 atom stereocenters. The van der Waals surface area contributed by atoms with Gasteiger partial charge in [0.1, 0.15) is 23.6 Å². The zero-order valence-electron chi connectivity index (χ0n) is 14.9. The van der Waals surface area contributed by atoms with E-state index in [0.29, 0.717) is 0 Å². The van der Waals surface area contributed by atoms with Crippen LogP contribution in [0.15, 0.2) is 17.1 Å². The van der Waals surface area contributed by atoms with E-state index in [9.17, 15) is 33.6 Å². The number of anilines is 1. The van der Waals surface area contributed by atoms with E-state index in [1.165, 1.54) is 6.07 Å². The van der Waals surface area contributed by atoms with Gasteiger partial charge in [-0.05, 0) is 13.0 Å². The van der Waals surface area contributed by atoms with Crippen LogP contribution < -0.4 is 11.4 Å². The fourth-order valence-electron chi connectivity index (χ4n) is 2.41. The van der Waals surface area contributed by atoms with Crippen LogP contribution in [0.3, 0.4) is 0 Å². The number of nitrogen functional groups attached to an aromatic ring is 1. The van der Waals surface area contributed by atoms with Gasteiger partial charge in [-0.3, -0.25) is 9.09 Å². The lowest BCUT2D eigenvalue weighted by Crippen LogP contribution is -2.44. The maximum absolute atomic E-state index is 11.9. The van der Waals surface area contributed by atoms with Gasteiger partial charge >= 0.3 is 29.2 Å². The number of phosphoric ester groups is 1. The fourth-order valence-corrected chi connectivity index (χ4v) is 5.52.